The fourth-order valence-corrected chi connectivity index (χ4v) is 4.15. The Kier molecular flexibility index (Phi) is 3.96. The van der Waals surface area contributed by atoms with E-state index < -0.39 is 0 Å². The van der Waals surface area contributed by atoms with Crippen molar-refractivity contribution >= 4 is 23.8 Å². The van der Waals surface area contributed by atoms with E-state index in [1.807, 2.05) is 18.3 Å². The minimum Gasteiger partial charge on any atom is -0.306 e. The van der Waals surface area contributed by atoms with Crippen LogP contribution in [0.4, 0.5) is 0 Å². The Morgan fingerprint density at radius 1 is 1.09 bits per heavy atom. The third kappa shape index (κ3) is 2.82. The Morgan fingerprint density at radius 3 is 2.70 bits per heavy atom. The molecule has 2 aliphatic rings. The van der Waals surface area contributed by atoms with E-state index in [4.69, 9.17) is 16.6 Å². The minimum atomic E-state index is 0.363. The number of pyridine rings is 1. The number of halogens is 1. The fraction of sp³-hybridized carbons (Fsp3) is 0.350. The number of benzene rings is 1. The molecule has 2 nitrogen and oxygen atoms in total. The van der Waals surface area contributed by atoms with Crippen molar-refractivity contribution < 1.29 is 0 Å². The van der Waals surface area contributed by atoms with Crippen LogP contribution in [0.1, 0.15) is 41.1 Å². The molecule has 0 radical (unpaired) electrons. The molecule has 2 aromatic rings. The van der Waals surface area contributed by atoms with E-state index in [0.29, 0.717) is 11.8 Å². The van der Waals surface area contributed by atoms with E-state index in [2.05, 4.69) is 42.3 Å². The monoisotopic (exact) mass is 324 g/mol. The molecule has 1 atom stereocenters. The Hall–Kier alpha value is -1.64. The maximum absolute atomic E-state index is 6.24. The number of likely N-dealkylation sites (tertiary alicyclic amines) is 1. The Balaban J connectivity index is 1.84. The van der Waals surface area contributed by atoms with Crippen LogP contribution < -0.4 is 0 Å². The molecule has 1 saturated heterocycles. The summed E-state index contributed by atoms with van der Waals surface area (Å²) in [5.41, 5.74) is 5.07. The number of fused-ring (bicyclic) bond motifs is 2. The van der Waals surface area contributed by atoms with Crippen molar-refractivity contribution in [3.8, 4) is 0 Å². The van der Waals surface area contributed by atoms with Crippen LogP contribution in [0.3, 0.4) is 0 Å². The summed E-state index contributed by atoms with van der Waals surface area (Å²) in [5, 5.41) is 0.800. The molecule has 1 fully saturated rings. The molecule has 0 spiro atoms. The van der Waals surface area contributed by atoms with Crippen molar-refractivity contribution in [3.05, 3.63) is 63.9 Å². The van der Waals surface area contributed by atoms with E-state index in [1.165, 1.54) is 48.3 Å². The molecule has 1 aliphatic heterocycles. The molecule has 0 saturated carbocycles. The molecule has 118 valence electrons. The summed E-state index contributed by atoms with van der Waals surface area (Å²) in [4.78, 5) is 7.20. The lowest BCUT2D eigenvalue weighted by Crippen LogP contribution is -2.33. The van der Waals surface area contributed by atoms with E-state index in [0.717, 1.165) is 5.02 Å². The third-order valence-corrected chi connectivity index (χ3v) is 5.46. The van der Waals surface area contributed by atoms with Crippen molar-refractivity contribution in [2.75, 3.05) is 20.1 Å². The van der Waals surface area contributed by atoms with Gasteiger partial charge in [0.1, 0.15) is 0 Å². The van der Waals surface area contributed by atoms with Gasteiger partial charge < -0.3 is 4.90 Å². The van der Waals surface area contributed by atoms with E-state index in [9.17, 15) is 0 Å². The summed E-state index contributed by atoms with van der Waals surface area (Å²) in [6.45, 7) is 2.33. The molecule has 2 heterocycles. The van der Waals surface area contributed by atoms with Crippen LogP contribution in [0.25, 0.3) is 12.2 Å². The van der Waals surface area contributed by atoms with Crippen LogP contribution in [0, 0.1) is 5.92 Å². The van der Waals surface area contributed by atoms with Gasteiger partial charge in [0, 0.05) is 17.1 Å². The number of rotatable bonds is 1. The van der Waals surface area contributed by atoms with E-state index >= 15 is 0 Å². The van der Waals surface area contributed by atoms with Gasteiger partial charge in [-0.2, -0.15) is 0 Å². The van der Waals surface area contributed by atoms with Crippen LogP contribution in [0.2, 0.25) is 5.02 Å². The SMILES string of the molecule is CN1CCC(C2c3ccc(Cl)cc3C=Cc3cccnc32)CC1. The highest BCUT2D eigenvalue weighted by atomic mass is 35.5. The number of piperidine rings is 1. The molecule has 3 heteroatoms. The van der Waals surface area contributed by atoms with Crippen molar-refractivity contribution in [2.24, 2.45) is 5.92 Å². The van der Waals surface area contributed by atoms with Crippen LogP contribution in [-0.4, -0.2) is 30.0 Å². The smallest absolute Gasteiger partial charge is 0.0553 e. The summed E-state index contributed by atoms with van der Waals surface area (Å²) in [6, 6.07) is 10.5. The van der Waals surface area contributed by atoms with Gasteiger partial charge in [-0.05, 0) is 73.8 Å². The van der Waals surface area contributed by atoms with E-state index in [1.54, 1.807) is 0 Å². The Morgan fingerprint density at radius 2 is 1.87 bits per heavy atom. The topological polar surface area (TPSA) is 16.1 Å². The van der Waals surface area contributed by atoms with Gasteiger partial charge in [0.15, 0.2) is 0 Å². The predicted octanol–water partition coefficient (Wildman–Crippen LogP) is 4.69. The average molecular weight is 325 g/mol. The lowest BCUT2D eigenvalue weighted by Gasteiger charge is -2.35. The highest BCUT2D eigenvalue weighted by Gasteiger charge is 2.32. The standard InChI is InChI=1S/C20H21ClN2/c1-23-11-8-14(9-12-23)19-18-7-6-17(21)13-16(18)5-4-15-3-2-10-22-20(15)19/h2-7,10,13-14,19H,8-9,11-12H2,1H3. The third-order valence-electron chi connectivity index (χ3n) is 5.23. The molecule has 4 rings (SSSR count). The molecule has 0 bridgehead atoms. The largest absolute Gasteiger partial charge is 0.306 e. The number of hydrogen-bond acceptors (Lipinski definition) is 2. The first-order valence-electron chi connectivity index (χ1n) is 8.33. The second-order valence-electron chi connectivity index (χ2n) is 6.70. The first-order valence-corrected chi connectivity index (χ1v) is 8.71. The van der Waals surface area contributed by atoms with Crippen LogP contribution >= 0.6 is 11.6 Å². The van der Waals surface area contributed by atoms with Crippen LogP contribution in [0.15, 0.2) is 36.5 Å². The summed E-state index contributed by atoms with van der Waals surface area (Å²) >= 11 is 6.24. The first-order chi connectivity index (χ1) is 11.2. The van der Waals surface area contributed by atoms with Crippen LogP contribution in [-0.2, 0) is 0 Å². The predicted molar refractivity (Wildman–Crippen MR) is 96.7 cm³/mol. The minimum absolute atomic E-state index is 0.363. The van der Waals surface area contributed by atoms with Crippen molar-refractivity contribution in [3.63, 3.8) is 0 Å². The van der Waals surface area contributed by atoms with Crippen molar-refractivity contribution in [1.29, 1.82) is 0 Å². The lowest BCUT2D eigenvalue weighted by atomic mass is 9.76. The molecule has 1 aliphatic carbocycles. The molecular weight excluding hydrogens is 304 g/mol. The maximum Gasteiger partial charge on any atom is 0.0553 e. The Labute approximate surface area is 142 Å². The zero-order valence-corrected chi connectivity index (χ0v) is 14.1. The number of nitrogens with zero attached hydrogens (tertiary/aromatic N) is 2. The van der Waals surface area contributed by atoms with Gasteiger partial charge in [0.05, 0.1) is 5.69 Å². The van der Waals surface area contributed by atoms with E-state index in [-0.39, 0.29) is 0 Å². The molecule has 1 aromatic carbocycles. The summed E-state index contributed by atoms with van der Waals surface area (Å²) in [6.07, 6.45) is 8.75. The maximum atomic E-state index is 6.24. The second-order valence-corrected chi connectivity index (χ2v) is 7.14. The molecule has 1 unspecified atom stereocenters. The highest BCUT2D eigenvalue weighted by molar-refractivity contribution is 6.30. The first kappa shape index (κ1) is 14.9. The quantitative estimate of drug-likeness (QED) is 0.756. The summed E-state index contributed by atoms with van der Waals surface area (Å²) < 4.78 is 0. The number of hydrogen-bond donors (Lipinski definition) is 0. The van der Waals surface area contributed by atoms with Gasteiger partial charge in [0.2, 0.25) is 0 Å². The normalized spacial score (nSPS) is 21.6. The van der Waals surface area contributed by atoms with Gasteiger partial charge in [-0.1, -0.05) is 35.9 Å². The average Bonchev–Trinajstić information content (AvgIpc) is 2.72. The second kappa shape index (κ2) is 6.10. The van der Waals surface area contributed by atoms with Gasteiger partial charge in [-0.25, -0.2) is 0 Å². The molecular formula is C20H21ClN2. The molecule has 1 aromatic heterocycles. The van der Waals surface area contributed by atoms with Crippen molar-refractivity contribution in [2.45, 2.75) is 18.8 Å². The summed E-state index contributed by atoms with van der Waals surface area (Å²) in [7, 11) is 2.21. The molecule has 23 heavy (non-hydrogen) atoms. The van der Waals surface area contributed by atoms with Gasteiger partial charge in [-0.15, -0.1) is 0 Å². The summed E-state index contributed by atoms with van der Waals surface area (Å²) in [5.74, 6) is 1.00. The van der Waals surface area contributed by atoms with Crippen molar-refractivity contribution in [1.82, 2.24) is 9.88 Å². The zero-order valence-electron chi connectivity index (χ0n) is 13.4. The molecule has 0 N–H and O–H groups in total. The van der Waals surface area contributed by atoms with Gasteiger partial charge >= 0.3 is 0 Å². The number of aromatic nitrogens is 1. The molecule has 0 amide bonds. The Bertz CT molecular complexity index is 745. The highest BCUT2D eigenvalue weighted by Crippen LogP contribution is 2.42. The zero-order chi connectivity index (χ0) is 15.8. The fourth-order valence-electron chi connectivity index (χ4n) is 3.97. The van der Waals surface area contributed by atoms with Crippen LogP contribution in [0.5, 0.6) is 0 Å². The van der Waals surface area contributed by atoms with Gasteiger partial charge in [-0.3, -0.25) is 4.98 Å². The van der Waals surface area contributed by atoms with Gasteiger partial charge in [0.25, 0.3) is 0 Å². The lowest BCUT2D eigenvalue weighted by molar-refractivity contribution is 0.206.